The van der Waals surface area contributed by atoms with Gasteiger partial charge in [0.25, 0.3) is 11.1 Å². The van der Waals surface area contributed by atoms with E-state index in [1.54, 1.807) is 6.08 Å². The third-order valence-electron chi connectivity index (χ3n) is 7.41. The van der Waals surface area contributed by atoms with Crippen molar-refractivity contribution in [3.05, 3.63) is 70.5 Å². The standard InChI is InChI=1S/C30H31FN4O4S/c1-3-20-8-6-9-24-21(16-33(28(20)24)18-27(37)34-14-5-4-7-19(34)2)15-25-29(38)35(30(39)40-25)17-26(36)32-23-12-10-22(31)11-13-23/h6,8-13,15-16,19H,3-5,7,14,17-18H2,1-2H3,(H,32,36)/b25-15-/t19-/m0/s1. The topological polar surface area (TPSA) is 91.7 Å². The highest BCUT2D eigenvalue weighted by Gasteiger charge is 2.36. The maximum absolute atomic E-state index is 13.3. The van der Waals surface area contributed by atoms with Gasteiger partial charge in [-0.25, -0.2) is 4.39 Å². The lowest BCUT2D eigenvalue weighted by atomic mass is 10.0. The molecule has 3 aromatic rings. The lowest BCUT2D eigenvalue weighted by Gasteiger charge is -2.33. The smallest absolute Gasteiger partial charge is 0.294 e. The number of para-hydroxylation sites is 1. The van der Waals surface area contributed by atoms with E-state index >= 15 is 0 Å². The Kier molecular flexibility index (Phi) is 8.07. The fourth-order valence-corrected chi connectivity index (χ4v) is 6.18. The van der Waals surface area contributed by atoms with Crippen molar-refractivity contribution in [2.75, 3.05) is 18.4 Å². The molecule has 2 aliphatic rings. The van der Waals surface area contributed by atoms with Crippen molar-refractivity contribution in [3.8, 4) is 0 Å². The third kappa shape index (κ3) is 5.67. The van der Waals surface area contributed by atoms with Gasteiger partial charge in [0.1, 0.15) is 18.9 Å². The summed E-state index contributed by atoms with van der Waals surface area (Å²) in [6.07, 6.45) is 7.44. The molecule has 5 rings (SSSR count). The molecule has 0 saturated carbocycles. The first kappa shape index (κ1) is 27.6. The number of thioether (sulfide) groups is 1. The summed E-state index contributed by atoms with van der Waals surface area (Å²) < 4.78 is 15.1. The molecule has 40 heavy (non-hydrogen) atoms. The Bertz CT molecular complexity index is 1510. The number of carbonyl (C=O) groups is 4. The highest BCUT2D eigenvalue weighted by Crippen LogP contribution is 2.35. The van der Waals surface area contributed by atoms with Crippen LogP contribution in [0.2, 0.25) is 0 Å². The monoisotopic (exact) mass is 562 g/mol. The summed E-state index contributed by atoms with van der Waals surface area (Å²) in [4.78, 5) is 54.7. The molecular weight excluding hydrogens is 531 g/mol. The molecule has 4 amide bonds. The Morgan fingerprint density at radius 2 is 1.88 bits per heavy atom. The number of imide groups is 1. The number of hydrogen-bond donors (Lipinski definition) is 1. The van der Waals surface area contributed by atoms with Crippen LogP contribution in [0.15, 0.2) is 53.6 Å². The highest BCUT2D eigenvalue weighted by atomic mass is 32.2. The first-order chi connectivity index (χ1) is 19.2. The van der Waals surface area contributed by atoms with Crippen LogP contribution in [-0.2, 0) is 27.3 Å². The zero-order chi connectivity index (χ0) is 28.4. The summed E-state index contributed by atoms with van der Waals surface area (Å²) in [7, 11) is 0. The lowest BCUT2D eigenvalue weighted by molar-refractivity contribution is -0.135. The molecule has 10 heteroatoms. The number of piperidine rings is 1. The normalized spacial score (nSPS) is 18.7. The number of halogens is 1. The van der Waals surface area contributed by atoms with Crippen LogP contribution in [0.1, 0.15) is 44.2 Å². The number of benzene rings is 2. The molecule has 2 saturated heterocycles. The van der Waals surface area contributed by atoms with Crippen molar-refractivity contribution in [1.82, 2.24) is 14.4 Å². The number of fused-ring (bicyclic) bond motifs is 1. The average Bonchev–Trinajstić information content (AvgIpc) is 3.41. The van der Waals surface area contributed by atoms with Crippen molar-refractivity contribution in [3.63, 3.8) is 0 Å². The van der Waals surface area contributed by atoms with Crippen LogP contribution in [0.4, 0.5) is 14.9 Å². The van der Waals surface area contributed by atoms with Crippen LogP contribution in [0.3, 0.4) is 0 Å². The molecule has 0 radical (unpaired) electrons. The van der Waals surface area contributed by atoms with E-state index < -0.39 is 29.4 Å². The van der Waals surface area contributed by atoms with Gasteiger partial charge in [0, 0.05) is 35.4 Å². The van der Waals surface area contributed by atoms with Gasteiger partial charge < -0.3 is 14.8 Å². The SMILES string of the molecule is CCc1cccc2c(/C=C3\SC(=O)N(CC(=O)Nc4ccc(F)cc4)C3=O)cn(CC(=O)N3CCCC[C@@H]3C)c12. The molecule has 2 aromatic carbocycles. The van der Waals surface area contributed by atoms with Crippen molar-refractivity contribution in [1.29, 1.82) is 0 Å². The number of nitrogens with one attached hydrogen (secondary N) is 1. The van der Waals surface area contributed by atoms with E-state index in [0.717, 1.165) is 70.9 Å². The van der Waals surface area contributed by atoms with Crippen LogP contribution in [0.25, 0.3) is 17.0 Å². The first-order valence-corrected chi connectivity index (χ1v) is 14.3. The van der Waals surface area contributed by atoms with Gasteiger partial charge in [-0.2, -0.15) is 0 Å². The minimum Gasteiger partial charge on any atom is -0.338 e. The van der Waals surface area contributed by atoms with E-state index in [1.165, 1.54) is 24.3 Å². The Labute approximate surface area is 236 Å². The molecule has 1 atom stereocenters. The molecule has 1 aromatic heterocycles. The molecule has 1 N–H and O–H groups in total. The molecule has 3 heterocycles. The second-order valence-corrected chi connectivity index (χ2v) is 11.1. The van der Waals surface area contributed by atoms with Crippen LogP contribution in [0, 0.1) is 5.82 Å². The molecule has 208 valence electrons. The van der Waals surface area contributed by atoms with Gasteiger partial charge in [-0.1, -0.05) is 25.1 Å². The number of carbonyl (C=O) groups excluding carboxylic acids is 4. The Morgan fingerprint density at radius 3 is 2.60 bits per heavy atom. The number of aryl methyl sites for hydroxylation is 1. The van der Waals surface area contributed by atoms with E-state index in [9.17, 15) is 23.6 Å². The van der Waals surface area contributed by atoms with Gasteiger partial charge in [-0.15, -0.1) is 0 Å². The maximum atomic E-state index is 13.3. The third-order valence-corrected chi connectivity index (χ3v) is 8.32. The zero-order valence-electron chi connectivity index (χ0n) is 22.5. The van der Waals surface area contributed by atoms with E-state index in [-0.39, 0.29) is 23.4 Å². The molecule has 0 spiro atoms. The van der Waals surface area contributed by atoms with Crippen LogP contribution in [-0.4, -0.2) is 56.5 Å². The largest absolute Gasteiger partial charge is 0.338 e. The van der Waals surface area contributed by atoms with E-state index in [2.05, 4.69) is 19.2 Å². The van der Waals surface area contributed by atoms with Gasteiger partial charge in [0.15, 0.2) is 0 Å². The zero-order valence-corrected chi connectivity index (χ0v) is 23.3. The second-order valence-electron chi connectivity index (χ2n) is 10.1. The van der Waals surface area contributed by atoms with Crippen molar-refractivity contribution >= 4 is 57.4 Å². The van der Waals surface area contributed by atoms with Gasteiger partial charge in [0.2, 0.25) is 11.8 Å². The van der Waals surface area contributed by atoms with E-state index in [0.29, 0.717) is 5.69 Å². The number of nitrogens with zero attached hydrogens (tertiary/aromatic N) is 3. The Hall–Kier alpha value is -3.92. The Morgan fingerprint density at radius 1 is 1.10 bits per heavy atom. The van der Waals surface area contributed by atoms with E-state index in [4.69, 9.17) is 0 Å². The fourth-order valence-electron chi connectivity index (χ4n) is 5.35. The summed E-state index contributed by atoms with van der Waals surface area (Å²) >= 11 is 0.776. The minimum atomic E-state index is -0.565. The maximum Gasteiger partial charge on any atom is 0.294 e. The van der Waals surface area contributed by atoms with E-state index in [1.807, 2.05) is 33.9 Å². The van der Waals surface area contributed by atoms with Crippen molar-refractivity contribution < 1.29 is 23.6 Å². The van der Waals surface area contributed by atoms with Gasteiger partial charge in [-0.05, 0) is 80.3 Å². The average molecular weight is 563 g/mol. The molecule has 2 fully saturated rings. The van der Waals surface area contributed by atoms with Crippen molar-refractivity contribution in [2.24, 2.45) is 0 Å². The summed E-state index contributed by atoms with van der Waals surface area (Å²) in [5.41, 5.74) is 3.11. The number of aromatic nitrogens is 1. The molecule has 0 aliphatic carbocycles. The molecule has 8 nitrogen and oxygen atoms in total. The fraction of sp³-hybridized carbons (Fsp3) is 0.333. The van der Waals surface area contributed by atoms with Gasteiger partial charge in [0.05, 0.1) is 10.4 Å². The highest BCUT2D eigenvalue weighted by molar-refractivity contribution is 8.18. The predicted octanol–water partition coefficient (Wildman–Crippen LogP) is 5.42. The Balaban J connectivity index is 1.39. The van der Waals surface area contributed by atoms with Crippen LogP contribution < -0.4 is 5.32 Å². The van der Waals surface area contributed by atoms with Crippen LogP contribution in [0.5, 0.6) is 0 Å². The van der Waals surface area contributed by atoms with Gasteiger partial charge >= 0.3 is 0 Å². The summed E-state index contributed by atoms with van der Waals surface area (Å²) in [6.45, 7) is 4.64. The molecule has 0 bridgehead atoms. The lowest BCUT2D eigenvalue weighted by Crippen LogP contribution is -2.43. The molecular formula is C30H31FN4O4S. The number of rotatable bonds is 7. The summed E-state index contributed by atoms with van der Waals surface area (Å²) in [5.74, 6) is -1.50. The number of anilines is 1. The van der Waals surface area contributed by atoms with Gasteiger partial charge in [-0.3, -0.25) is 24.1 Å². The molecule has 0 unspecified atom stereocenters. The molecule has 2 aliphatic heterocycles. The minimum absolute atomic E-state index is 0.0639. The first-order valence-electron chi connectivity index (χ1n) is 13.5. The van der Waals surface area contributed by atoms with Crippen molar-refractivity contribution in [2.45, 2.75) is 52.1 Å². The summed E-state index contributed by atoms with van der Waals surface area (Å²) in [6, 6.07) is 11.4. The summed E-state index contributed by atoms with van der Waals surface area (Å²) in [5, 5.41) is 2.92. The predicted molar refractivity (Wildman–Crippen MR) is 154 cm³/mol. The number of likely N-dealkylation sites (tertiary alicyclic amines) is 1. The number of amides is 4. The van der Waals surface area contributed by atoms with Crippen LogP contribution >= 0.6 is 11.8 Å². The number of hydrogen-bond acceptors (Lipinski definition) is 5. The quantitative estimate of drug-likeness (QED) is 0.389. The second kappa shape index (κ2) is 11.7.